The molecule has 1 N–H and O–H groups in total. The Hall–Kier alpha value is -1.85. The lowest BCUT2D eigenvalue weighted by molar-refractivity contribution is -0.143. The minimum Gasteiger partial charge on any atom is -0.486 e. The number of alkyl halides is 2. The third kappa shape index (κ3) is 2.30. The maximum absolute atomic E-state index is 14.1. The van der Waals surface area contributed by atoms with Crippen molar-refractivity contribution in [3.8, 4) is 11.5 Å². The van der Waals surface area contributed by atoms with Gasteiger partial charge in [-0.15, -0.1) is 0 Å². The normalized spacial score (nSPS) is 20.0. The molecule has 3 rings (SSSR count). The summed E-state index contributed by atoms with van der Waals surface area (Å²) in [7, 11) is 0. The predicted octanol–water partition coefficient (Wildman–Crippen LogP) is 3.47. The minimum absolute atomic E-state index is 0.161. The van der Waals surface area contributed by atoms with Crippen molar-refractivity contribution < 1.29 is 28.2 Å². The van der Waals surface area contributed by atoms with Crippen molar-refractivity contribution in [1.82, 2.24) is 0 Å². The van der Waals surface area contributed by atoms with Gasteiger partial charge in [0.2, 0.25) is 0 Å². The van der Waals surface area contributed by atoms with Crippen LogP contribution in [-0.4, -0.2) is 24.3 Å². The predicted molar refractivity (Wildman–Crippen MR) is 74.8 cm³/mol. The van der Waals surface area contributed by atoms with Gasteiger partial charge in [-0.3, -0.25) is 4.79 Å². The maximum atomic E-state index is 14.1. The second-order valence-corrected chi connectivity index (χ2v) is 6.02. The highest BCUT2D eigenvalue weighted by atomic mass is 19.3. The summed E-state index contributed by atoms with van der Waals surface area (Å²) in [6.45, 7) is 1.41. The van der Waals surface area contributed by atoms with E-state index >= 15 is 0 Å². The van der Waals surface area contributed by atoms with Crippen LogP contribution in [0.2, 0.25) is 0 Å². The first-order valence-electron chi connectivity index (χ1n) is 7.40. The van der Waals surface area contributed by atoms with Gasteiger partial charge in [0.05, 0.1) is 5.41 Å². The van der Waals surface area contributed by atoms with E-state index in [2.05, 4.69) is 0 Å². The highest BCUT2D eigenvalue weighted by Crippen LogP contribution is 2.49. The fourth-order valence-electron chi connectivity index (χ4n) is 3.42. The maximum Gasteiger partial charge on any atom is 0.314 e. The van der Waals surface area contributed by atoms with Crippen molar-refractivity contribution in [3.05, 3.63) is 23.3 Å². The van der Waals surface area contributed by atoms with Gasteiger partial charge in [-0.05, 0) is 30.5 Å². The molecule has 0 amide bonds. The zero-order valence-electron chi connectivity index (χ0n) is 12.3. The molecule has 22 heavy (non-hydrogen) atoms. The number of hydrogen-bond acceptors (Lipinski definition) is 3. The molecule has 0 unspecified atom stereocenters. The monoisotopic (exact) mass is 312 g/mol. The van der Waals surface area contributed by atoms with Crippen molar-refractivity contribution in [2.75, 3.05) is 13.2 Å². The van der Waals surface area contributed by atoms with E-state index in [0.717, 1.165) is 19.8 Å². The summed E-state index contributed by atoms with van der Waals surface area (Å²) in [5, 5.41) is 9.69. The molecule has 0 saturated heterocycles. The Morgan fingerprint density at radius 1 is 1.18 bits per heavy atom. The number of halogens is 2. The van der Waals surface area contributed by atoms with Gasteiger partial charge in [0, 0.05) is 12.5 Å². The summed E-state index contributed by atoms with van der Waals surface area (Å²) in [5.41, 5.74) is -1.37. The standard InChI is InChI=1S/C16H18F2O4/c1-15(17,18)10-8-12-13(22-7-6-21-12)9-11(10)16(14(19)20)4-2-3-5-16/h8-9H,2-7H2,1H3,(H,19,20). The highest BCUT2D eigenvalue weighted by molar-refractivity contribution is 5.83. The second kappa shape index (κ2) is 5.11. The largest absolute Gasteiger partial charge is 0.486 e. The Labute approximate surface area is 127 Å². The van der Waals surface area contributed by atoms with Crippen LogP contribution < -0.4 is 9.47 Å². The average molecular weight is 312 g/mol. The van der Waals surface area contributed by atoms with Gasteiger partial charge in [-0.1, -0.05) is 12.8 Å². The molecule has 1 aromatic rings. The van der Waals surface area contributed by atoms with Crippen molar-refractivity contribution >= 4 is 5.97 Å². The fraction of sp³-hybridized carbons (Fsp3) is 0.562. The van der Waals surface area contributed by atoms with Crippen molar-refractivity contribution in [2.45, 2.75) is 43.9 Å². The molecule has 2 aliphatic rings. The van der Waals surface area contributed by atoms with Crippen molar-refractivity contribution in [3.63, 3.8) is 0 Å². The van der Waals surface area contributed by atoms with Gasteiger partial charge in [0.1, 0.15) is 13.2 Å². The molecule has 1 heterocycles. The van der Waals surface area contributed by atoms with Gasteiger partial charge in [-0.25, -0.2) is 8.78 Å². The van der Waals surface area contributed by atoms with Crippen molar-refractivity contribution in [1.29, 1.82) is 0 Å². The number of carboxylic acid groups (broad SMARTS) is 1. The van der Waals surface area contributed by atoms with Crippen LogP contribution in [0.15, 0.2) is 12.1 Å². The van der Waals surface area contributed by atoms with Gasteiger partial charge >= 0.3 is 5.97 Å². The topological polar surface area (TPSA) is 55.8 Å². The van der Waals surface area contributed by atoms with Gasteiger partial charge in [0.15, 0.2) is 11.5 Å². The van der Waals surface area contributed by atoms with Crippen LogP contribution in [0.1, 0.15) is 43.7 Å². The second-order valence-electron chi connectivity index (χ2n) is 6.02. The molecule has 0 atom stereocenters. The summed E-state index contributed by atoms with van der Waals surface area (Å²) >= 11 is 0. The molecular weight excluding hydrogens is 294 g/mol. The Bertz CT molecular complexity index is 601. The zero-order valence-corrected chi connectivity index (χ0v) is 12.3. The van der Waals surface area contributed by atoms with E-state index in [1.807, 2.05) is 0 Å². The van der Waals surface area contributed by atoms with Crippen LogP contribution >= 0.6 is 0 Å². The van der Waals surface area contributed by atoms with Crippen LogP contribution in [0.3, 0.4) is 0 Å². The lowest BCUT2D eigenvalue weighted by Gasteiger charge is -2.31. The molecular formula is C16H18F2O4. The minimum atomic E-state index is -3.14. The van der Waals surface area contributed by atoms with E-state index in [0.29, 0.717) is 31.8 Å². The van der Waals surface area contributed by atoms with E-state index in [4.69, 9.17) is 9.47 Å². The quantitative estimate of drug-likeness (QED) is 0.928. The van der Waals surface area contributed by atoms with E-state index in [1.165, 1.54) is 12.1 Å². The van der Waals surface area contributed by atoms with Gasteiger partial charge in [0.25, 0.3) is 5.92 Å². The first kappa shape index (κ1) is 15.1. The first-order chi connectivity index (χ1) is 10.3. The summed E-state index contributed by atoms with van der Waals surface area (Å²) in [4.78, 5) is 11.9. The van der Waals surface area contributed by atoms with E-state index in [1.54, 1.807) is 0 Å². The molecule has 0 bridgehead atoms. The molecule has 1 fully saturated rings. The van der Waals surface area contributed by atoms with Crippen LogP contribution in [-0.2, 0) is 16.1 Å². The molecule has 0 radical (unpaired) electrons. The average Bonchev–Trinajstić information content (AvgIpc) is 2.95. The Morgan fingerprint density at radius 3 is 2.23 bits per heavy atom. The van der Waals surface area contributed by atoms with Crippen LogP contribution in [0.5, 0.6) is 11.5 Å². The van der Waals surface area contributed by atoms with Crippen molar-refractivity contribution in [2.24, 2.45) is 0 Å². The number of benzene rings is 1. The fourth-order valence-corrected chi connectivity index (χ4v) is 3.42. The van der Waals surface area contributed by atoms with E-state index in [9.17, 15) is 18.7 Å². The van der Waals surface area contributed by atoms with Gasteiger partial charge in [-0.2, -0.15) is 0 Å². The summed E-state index contributed by atoms with van der Waals surface area (Å²) < 4.78 is 39.0. The van der Waals surface area contributed by atoms with E-state index in [-0.39, 0.29) is 16.9 Å². The van der Waals surface area contributed by atoms with E-state index < -0.39 is 17.3 Å². The zero-order chi connectivity index (χ0) is 16.0. The highest BCUT2D eigenvalue weighted by Gasteiger charge is 2.47. The third-order valence-corrected chi connectivity index (χ3v) is 4.54. The lowest BCUT2D eigenvalue weighted by atomic mass is 9.75. The number of aliphatic carboxylic acids is 1. The molecule has 0 spiro atoms. The number of ether oxygens (including phenoxy) is 2. The number of carbonyl (C=O) groups is 1. The molecule has 1 aliphatic carbocycles. The molecule has 6 heteroatoms. The van der Waals surface area contributed by atoms with Crippen LogP contribution in [0.4, 0.5) is 8.78 Å². The lowest BCUT2D eigenvalue weighted by Crippen LogP contribution is -2.35. The Balaban J connectivity index is 2.22. The molecule has 120 valence electrons. The number of hydrogen-bond donors (Lipinski definition) is 1. The first-order valence-corrected chi connectivity index (χ1v) is 7.40. The smallest absolute Gasteiger partial charge is 0.314 e. The molecule has 0 aromatic heterocycles. The third-order valence-electron chi connectivity index (χ3n) is 4.54. The summed E-state index contributed by atoms with van der Waals surface area (Å²) in [5.74, 6) is -3.59. The number of fused-ring (bicyclic) bond motifs is 1. The van der Waals surface area contributed by atoms with Gasteiger partial charge < -0.3 is 14.6 Å². The number of carboxylic acids is 1. The Morgan fingerprint density at radius 2 is 1.73 bits per heavy atom. The Kier molecular flexibility index (Phi) is 3.50. The molecule has 1 aliphatic heterocycles. The number of rotatable bonds is 3. The molecule has 4 nitrogen and oxygen atoms in total. The van der Waals surface area contributed by atoms with Crippen LogP contribution in [0, 0.1) is 0 Å². The molecule has 1 aromatic carbocycles. The summed E-state index contributed by atoms with van der Waals surface area (Å²) in [6, 6.07) is 2.69. The molecule has 1 saturated carbocycles. The van der Waals surface area contributed by atoms with Crippen LogP contribution in [0.25, 0.3) is 0 Å². The summed E-state index contributed by atoms with van der Waals surface area (Å²) in [6.07, 6.45) is 2.17. The SMILES string of the molecule is CC(F)(F)c1cc2c(cc1C1(C(=O)O)CCCC1)OCCO2.